The van der Waals surface area contributed by atoms with Crippen molar-refractivity contribution in [2.45, 2.75) is 0 Å². The second-order valence-corrected chi connectivity index (χ2v) is 3.99. The molecule has 1 aromatic carbocycles. The summed E-state index contributed by atoms with van der Waals surface area (Å²) in [6.45, 7) is 0. The highest BCUT2D eigenvalue weighted by Crippen LogP contribution is 2.14. The average molecular weight is 247 g/mol. The van der Waals surface area contributed by atoms with Crippen molar-refractivity contribution in [2.24, 2.45) is 0 Å². The van der Waals surface area contributed by atoms with E-state index in [0.717, 1.165) is 5.69 Å². The third kappa shape index (κ3) is 1.70. The number of nitrogens with zero attached hydrogens (tertiary/aromatic N) is 3. The van der Waals surface area contributed by atoms with Gasteiger partial charge in [-0.25, -0.2) is 9.78 Å². The molecule has 2 aromatic heterocycles. The highest BCUT2D eigenvalue weighted by Gasteiger charge is 2.05. The fourth-order valence-corrected chi connectivity index (χ4v) is 1.72. The van der Waals surface area contributed by atoms with E-state index in [9.17, 15) is 4.79 Å². The van der Waals surface area contributed by atoms with Crippen molar-refractivity contribution in [3.05, 3.63) is 52.0 Å². The van der Waals surface area contributed by atoms with E-state index in [4.69, 9.17) is 11.6 Å². The zero-order valence-electron chi connectivity index (χ0n) is 8.59. The van der Waals surface area contributed by atoms with Crippen molar-refractivity contribution >= 4 is 22.5 Å². The fraction of sp³-hybridized carbons (Fsp3) is 0. The SMILES string of the molecule is O=c1[nH]ncc2cn(-c3ccc(Cl)cc3)nc12. The number of aromatic nitrogens is 4. The maximum atomic E-state index is 11.5. The third-order valence-corrected chi connectivity index (χ3v) is 2.67. The van der Waals surface area contributed by atoms with Crippen LogP contribution in [0.15, 0.2) is 41.5 Å². The van der Waals surface area contributed by atoms with Gasteiger partial charge in [0.15, 0.2) is 5.52 Å². The fourth-order valence-electron chi connectivity index (χ4n) is 1.60. The van der Waals surface area contributed by atoms with Crippen molar-refractivity contribution in [2.75, 3.05) is 0 Å². The number of benzene rings is 1. The van der Waals surface area contributed by atoms with Gasteiger partial charge in [0.1, 0.15) is 0 Å². The molecule has 6 heteroatoms. The van der Waals surface area contributed by atoms with Crippen molar-refractivity contribution in [3.8, 4) is 5.69 Å². The molecule has 17 heavy (non-hydrogen) atoms. The molecule has 2 heterocycles. The molecule has 3 aromatic rings. The van der Waals surface area contributed by atoms with Gasteiger partial charge in [0.25, 0.3) is 5.56 Å². The molecule has 84 valence electrons. The Balaban J connectivity index is 2.21. The highest BCUT2D eigenvalue weighted by atomic mass is 35.5. The normalized spacial score (nSPS) is 10.9. The molecule has 0 fully saturated rings. The first-order chi connectivity index (χ1) is 8.24. The first-order valence-corrected chi connectivity index (χ1v) is 5.31. The summed E-state index contributed by atoms with van der Waals surface area (Å²) in [5.74, 6) is 0. The van der Waals surface area contributed by atoms with Crippen LogP contribution in [0.3, 0.4) is 0 Å². The second kappa shape index (κ2) is 3.71. The molecule has 0 unspecified atom stereocenters. The number of halogens is 1. The van der Waals surface area contributed by atoms with Gasteiger partial charge in [0.2, 0.25) is 0 Å². The highest BCUT2D eigenvalue weighted by molar-refractivity contribution is 6.30. The Kier molecular flexibility index (Phi) is 2.19. The van der Waals surface area contributed by atoms with Crippen LogP contribution in [-0.4, -0.2) is 20.0 Å². The van der Waals surface area contributed by atoms with Gasteiger partial charge >= 0.3 is 0 Å². The topological polar surface area (TPSA) is 63.6 Å². The minimum Gasteiger partial charge on any atom is -0.265 e. The number of aromatic amines is 1. The smallest absolute Gasteiger partial charge is 0.265 e. The Morgan fingerprint density at radius 3 is 2.71 bits per heavy atom. The van der Waals surface area contributed by atoms with Gasteiger partial charge in [0.05, 0.1) is 11.9 Å². The van der Waals surface area contributed by atoms with Gasteiger partial charge in [-0.1, -0.05) is 11.6 Å². The van der Waals surface area contributed by atoms with E-state index in [2.05, 4.69) is 15.3 Å². The number of nitrogens with one attached hydrogen (secondary N) is 1. The molecular formula is C11H7ClN4O. The van der Waals surface area contributed by atoms with E-state index >= 15 is 0 Å². The molecule has 0 saturated heterocycles. The number of fused-ring (bicyclic) bond motifs is 1. The summed E-state index contributed by atoms with van der Waals surface area (Å²) in [5.41, 5.74) is 0.912. The molecule has 0 aliphatic rings. The van der Waals surface area contributed by atoms with Crippen LogP contribution >= 0.6 is 11.6 Å². The summed E-state index contributed by atoms with van der Waals surface area (Å²) >= 11 is 5.81. The van der Waals surface area contributed by atoms with Crippen molar-refractivity contribution in [1.82, 2.24) is 20.0 Å². The molecule has 0 saturated carbocycles. The van der Waals surface area contributed by atoms with Crippen LogP contribution in [0.5, 0.6) is 0 Å². The van der Waals surface area contributed by atoms with Crippen molar-refractivity contribution in [1.29, 1.82) is 0 Å². The zero-order valence-corrected chi connectivity index (χ0v) is 9.35. The quantitative estimate of drug-likeness (QED) is 0.712. The largest absolute Gasteiger partial charge is 0.292 e. The van der Waals surface area contributed by atoms with Gasteiger partial charge in [-0.05, 0) is 24.3 Å². The predicted molar refractivity (Wildman–Crippen MR) is 64.5 cm³/mol. The summed E-state index contributed by atoms with van der Waals surface area (Å²) in [5, 5.41) is 11.6. The molecule has 0 bridgehead atoms. The van der Waals surface area contributed by atoms with E-state index in [-0.39, 0.29) is 5.56 Å². The van der Waals surface area contributed by atoms with Crippen LogP contribution in [-0.2, 0) is 0 Å². The Labute approximate surface area is 101 Å². The lowest BCUT2D eigenvalue weighted by molar-refractivity contribution is 0.891. The van der Waals surface area contributed by atoms with E-state index in [0.29, 0.717) is 15.9 Å². The maximum Gasteiger partial charge on any atom is 0.292 e. The minimum atomic E-state index is -0.296. The van der Waals surface area contributed by atoms with E-state index < -0.39 is 0 Å². The van der Waals surface area contributed by atoms with Gasteiger partial charge in [-0.15, -0.1) is 0 Å². The average Bonchev–Trinajstić information content (AvgIpc) is 2.75. The van der Waals surface area contributed by atoms with E-state index in [1.807, 2.05) is 12.1 Å². The van der Waals surface area contributed by atoms with Gasteiger partial charge in [0, 0.05) is 16.6 Å². The monoisotopic (exact) mass is 246 g/mol. The summed E-state index contributed by atoms with van der Waals surface area (Å²) < 4.78 is 1.62. The maximum absolute atomic E-state index is 11.5. The van der Waals surface area contributed by atoms with Crippen molar-refractivity contribution < 1.29 is 0 Å². The second-order valence-electron chi connectivity index (χ2n) is 3.55. The molecule has 5 nitrogen and oxygen atoms in total. The standard InChI is InChI=1S/C11H7ClN4O/c12-8-1-3-9(4-2-8)16-6-7-5-13-14-11(17)10(7)15-16/h1-6H,(H,14,17). The van der Waals surface area contributed by atoms with Crippen LogP contribution in [0.1, 0.15) is 0 Å². The lowest BCUT2D eigenvalue weighted by Crippen LogP contribution is -2.07. The van der Waals surface area contributed by atoms with Crippen LogP contribution in [0.4, 0.5) is 0 Å². The molecule has 0 spiro atoms. The van der Waals surface area contributed by atoms with Crippen molar-refractivity contribution in [3.63, 3.8) is 0 Å². The van der Waals surface area contributed by atoms with E-state index in [1.165, 1.54) is 0 Å². The molecular weight excluding hydrogens is 240 g/mol. The van der Waals surface area contributed by atoms with E-state index in [1.54, 1.807) is 29.2 Å². The lowest BCUT2D eigenvalue weighted by Gasteiger charge is -1.99. The number of hydrogen-bond donors (Lipinski definition) is 1. The molecule has 0 atom stereocenters. The van der Waals surface area contributed by atoms with Crippen LogP contribution < -0.4 is 5.56 Å². The molecule has 0 radical (unpaired) electrons. The Morgan fingerprint density at radius 1 is 1.24 bits per heavy atom. The van der Waals surface area contributed by atoms with Gasteiger partial charge < -0.3 is 0 Å². The summed E-state index contributed by atoms with van der Waals surface area (Å²) in [4.78, 5) is 11.5. The number of rotatable bonds is 1. The predicted octanol–water partition coefficient (Wildman–Crippen LogP) is 1.76. The first-order valence-electron chi connectivity index (χ1n) is 4.93. The molecule has 0 amide bonds. The molecule has 3 rings (SSSR count). The van der Waals surface area contributed by atoms with Gasteiger partial charge in [-0.3, -0.25) is 4.79 Å². The first kappa shape index (κ1) is 10.0. The summed E-state index contributed by atoms with van der Waals surface area (Å²) in [7, 11) is 0. The third-order valence-electron chi connectivity index (χ3n) is 2.42. The minimum absolute atomic E-state index is 0.296. The Morgan fingerprint density at radius 2 is 2.00 bits per heavy atom. The summed E-state index contributed by atoms with van der Waals surface area (Å²) in [6.07, 6.45) is 3.32. The number of H-pyrrole nitrogens is 1. The number of hydrogen-bond acceptors (Lipinski definition) is 3. The molecule has 0 aliphatic heterocycles. The van der Waals surface area contributed by atoms with Crippen LogP contribution in [0, 0.1) is 0 Å². The Hall–Kier alpha value is -2.14. The Bertz CT molecular complexity index is 729. The van der Waals surface area contributed by atoms with Crippen LogP contribution in [0.2, 0.25) is 5.02 Å². The summed E-state index contributed by atoms with van der Waals surface area (Å²) in [6, 6.07) is 7.20. The van der Waals surface area contributed by atoms with Gasteiger partial charge in [-0.2, -0.15) is 10.2 Å². The lowest BCUT2D eigenvalue weighted by atomic mass is 10.3. The molecule has 1 N–H and O–H groups in total. The zero-order chi connectivity index (χ0) is 11.8. The van der Waals surface area contributed by atoms with Crippen LogP contribution in [0.25, 0.3) is 16.6 Å². The molecule has 0 aliphatic carbocycles.